The molecule has 0 aromatic carbocycles. The minimum absolute atomic E-state index is 0.186. The van der Waals surface area contributed by atoms with Gasteiger partial charge in [-0.1, -0.05) is 18.9 Å². The molecule has 1 saturated carbocycles. The molecule has 0 unspecified atom stereocenters. The van der Waals surface area contributed by atoms with Crippen LogP contribution in [0.5, 0.6) is 0 Å². The number of carboxylic acid groups (broad SMARTS) is 1. The fourth-order valence-electron chi connectivity index (χ4n) is 3.32. The average Bonchev–Trinajstić information content (AvgIpc) is 3.22. The van der Waals surface area contributed by atoms with Crippen molar-refractivity contribution in [2.45, 2.75) is 31.7 Å². The van der Waals surface area contributed by atoms with Crippen LogP contribution in [0.25, 0.3) is 11.0 Å². The summed E-state index contributed by atoms with van der Waals surface area (Å²) in [7, 11) is 0. The Labute approximate surface area is 138 Å². The number of hydrogen-bond acceptors (Lipinski definition) is 5. The lowest BCUT2D eigenvalue weighted by atomic mass is 10.2. The minimum Gasteiger partial charge on any atom is -0.477 e. The van der Waals surface area contributed by atoms with Gasteiger partial charge in [-0.2, -0.15) is 4.98 Å². The summed E-state index contributed by atoms with van der Waals surface area (Å²) in [6.45, 7) is 0. The molecule has 0 spiro atoms. The van der Waals surface area contributed by atoms with Crippen LogP contribution in [0.15, 0.2) is 36.7 Å². The summed E-state index contributed by atoms with van der Waals surface area (Å²) in [6, 6.07) is 7.37. The molecule has 3 aromatic rings. The number of rotatable bonds is 4. The molecule has 2 N–H and O–H groups in total. The highest BCUT2D eigenvalue weighted by Crippen LogP contribution is 2.34. The number of pyridine rings is 1. The lowest BCUT2D eigenvalue weighted by Crippen LogP contribution is -2.13. The summed E-state index contributed by atoms with van der Waals surface area (Å²) < 4.78 is 1.86. The lowest BCUT2D eigenvalue weighted by molar-refractivity contribution is 0.0683. The first-order valence-electron chi connectivity index (χ1n) is 8.02. The van der Waals surface area contributed by atoms with Crippen LogP contribution in [0.2, 0.25) is 0 Å². The molecule has 3 aromatic heterocycles. The zero-order valence-corrected chi connectivity index (χ0v) is 13.0. The van der Waals surface area contributed by atoms with E-state index in [2.05, 4.69) is 20.3 Å². The summed E-state index contributed by atoms with van der Waals surface area (Å²) in [4.78, 5) is 24.7. The Kier molecular flexibility index (Phi) is 3.60. The van der Waals surface area contributed by atoms with Crippen molar-refractivity contribution in [3.05, 3.63) is 42.4 Å². The van der Waals surface area contributed by atoms with Gasteiger partial charge in [0.2, 0.25) is 5.95 Å². The molecule has 122 valence electrons. The van der Waals surface area contributed by atoms with Crippen molar-refractivity contribution in [1.29, 1.82) is 0 Å². The first kappa shape index (κ1) is 14.6. The van der Waals surface area contributed by atoms with Crippen LogP contribution < -0.4 is 5.32 Å². The summed E-state index contributed by atoms with van der Waals surface area (Å²) in [5, 5.41) is 13.3. The molecule has 0 aliphatic heterocycles. The minimum atomic E-state index is -0.931. The number of aromatic carboxylic acids is 1. The number of carboxylic acids is 1. The summed E-state index contributed by atoms with van der Waals surface area (Å²) in [5.41, 5.74) is 0.939. The average molecular weight is 323 g/mol. The van der Waals surface area contributed by atoms with Gasteiger partial charge in [0.05, 0.1) is 0 Å². The Morgan fingerprint density at radius 1 is 1.25 bits per heavy atom. The van der Waals surface area contributed by atoms with E-state index in [-0.39, 0.29) is 11.7 Å². The van der Waals surface area contributed by atoms with E-state index < -0.39 is 5.97 Å². The Morgan fingerprint density at radius 3 is 2.79 bits per heavy atom. The molecule has 3 heterocycles. The summed E-state index contributed by atoms with van der Waals surface area (Å²) in [5.74, 6) is 0.129. The Hall–Kier alpha value is -2.96. The Morgan fingerprint density at radius 2 is 2.08 bits per heavy atom. The van der Waals surface area contributed by atoms with E-state index in [4.69, 9.17) is 0 Å². The van der Waals surface area contributed by atoms with Gasteiger partial charge in [0.15, 0.2) is 0 Å². The van der Waals surface area contributed by atoms with Gasteiger partial charge in [0.25, 0.3) is 0 Å². The van der Waals surface area contributed by atoms with Crippen molar-refractivity contribution in [3.8, 4) is 0 Å². The molecule has 0 radical (unpaired) electrons. The quantitative estimate of drug-likeness (QED) is 0.764. The van der Waals surface area contributed by atoms with E-state index in [0.717, 1.165) is 31.1 Å². The van der Waals surface area contributed by atoms with Crippen LogP contribution in [0.4, 0.5) is 11.8 Å². The third kappa shape index (κ3) is 2.58. The number of anilines is 2. The second-order valence-corrected chi connectivity index (χ2v) is 5.96. The Balaban J connectivity index is 1.79. The van der Waals surface area contributed by atoms with Crippen molar-refractivity contribution in [2.75, 3.05) is 5.32 Å². The van der Waals surface area contributed by atoms with E-state index in [1.54, 1.807) is 18.5 Å². The first-order chi connectivity index (χ1) is 11.7. The normalized spacial score (nSPS) is 15.0. The summed E-state index contributed by atoms with van der Waals surface area (Å²) in [6.07, 6.45) is 7.55. The van der Waals surface area contributed by atoms with Crippen molar-refractivity contribution in [3.63, 3.8) is 0 Å². The molecular formula is C17H17N5O2. The third-order valence-corrected chi connectivity index (χ3v) is 4.39. The molecule has 7 nitrogen and oxygen atoms in total. The number of fused-ring (bicyclic) bond motifs is 1. The van der Waals surface area contributed by atoms with Gasteiger partial charge in [0.1, 0.15) is 17.2 Å². The van der Waals surface area contributed by atoms with Gasteiger partial charge in [0, 0.05) is 23.8 Å². The molecule has 1 fully saturated rings. The van der Waals surface area contributed by atoms with Crippen molar-refractivity contribution < 1.29 is 9.90 Å². The second kappa shape index (κ2) is 5.92. The van der Waals surface area contributed by atoms with Gasteiger partial charge in [-0.15, -0.1) is 0 Å². The predicted molar refractivity (Wildman–Crippen MR) is 89.5 cm³/mol. The number of aromatic nitrogens is 4. The van der Waals surface area contributed by atoms with E-state index in [9.17, 15) is 9.90 Å². The number of hydrogen-bond donors (Lipinski definition) is 2. The predicted octanol–water partition coefficient (Wildman–Crippen LogP) is 3.38. The third-order valence-electron chi connectivity index (χ3n) is 4.39. The lowest BCUT2D eigenvalue weighted by Gasteiger charge is -2.15. The highest BCUT2D eigenvalue weighted by atomic mass is 16.4. The zero-order chi connectivity index (χ0) is 16.5. The molecule has 0 bridgehead atoms. The number of nitrogens with one attached hydrogen (secondary N) is 1. The van der Waals surface area contributed by atoms with Crippen LogP contribution in [0.3, 0.4) is 0 Å². The van der Waals surface area contributed by atoms with Crippen molar-refractivity contribution in [1.82, 2.24) is 19.5 Å². The van der Waals surface area contributed by atoms with Gasteiger partial charge >= 0.3 is 5.97 Å². The number of carbonyl (C=O) groups is 1. The molecule has 1 aliphatic carbocycles. The molecule has 24 heavy (non-hydrogen) atoms. The monoisotopic (exact) mass is 323 g/mol. The van der Waals surface area contributed by atoms with Gasteiger partial charge in [-0.25, -0.2) is 14.8 Å². The molecule has 0 saturated heterocycles. The van der Waals surface area contributed by atoms with E-state index >= 15 is 0 Å². The maximum atomic E-state index is 11.6. The van der Waals surface area contributed by atoms with Gasteiger partial charge in [-0.05, 0) is 31.0 Å². The molecule has 1 aliphatic rings. The fraction of sp³-hybridized carbons (Fsp3) is 0.294. The largest absolute Gasteiger partial charge is 0.477 e. The maximum absolute atomic E-state index is 11.6. The second-order valence-electron chi connectivity index (χ2n) is 5.96. The van der Waals surface area contributed by atoms with Crippen molar-refractivity contribution in [2.24, 2.45) is 0 Å². The standard InChI is InChI=1S/C17H17N5O2/c23-16(24)13-9-11-10-19-17(20-14-7-3-4-8-18-14)21-15(11)22(13)12-5-1-2-6-12/h3-4,7-10,12H,1-2,5-6H2,(H,23,24)(H,18,19,20,21). The Bertz CT molecular complexity index is 885. The van der Waals surface area contributed by atoms with Crippen molar-refractivity contribution >= 4 is 28.8 Å². The molecule has 0 amide bonds. The van der Waals surface area contributed by atoms with E-state index in [1.807, 2.05) is 22.8 Å². The van der Waals surface area contributed by atoms with Crippen LogP contribution >= 0.6 is 0 Å². The van der Waals surface area contributed by atoms with Crippen LogP contribution in [0, 0.1) is 0 Å². The molecule has 0 atom stereocenters. The van der Waals surface area contributed by atoms with E-state index in [1.165, 1.54) is 0 Å². The highest BCUT2D eigenvalue weighted by molar-refractivity contribution is 5.93. The summed E-state index contributed by atoms with van der Waals surface area (Å²) >= 11 is 0. The molecule has 4 rings (SSSR count). The van der Waals surface area contributed by atoms with Crippen LogP contribution in [-0.4, -0.2) is 30.6 Å². The van der Waals surface area contributed by atoms with Gasteiger partial charge < -0.3 is 15.0 Å². The van der Waals surface area contributed by atoms with Crippen LogP contribution in [0.1, 0.15) is 42.2 Å². The van der Waals surface area contributed by atoms with Gasteiger partial charge in [-0.3, -0.25) is 0 Å². The van der Waals surface area contributed by atoms with E-state index in [0.29, 0.717) is 17.4 Å². The smallest absolute Gasteiger partial charge is 0.352 e. The molecule has 7 heteroatoms. The SMILES string of the molecule is O=C(O)c1cc2cnc(Nc3ccccn3)nc2n1C1CCCC1. The number of nitrogens with zero attached hydrogens (tertiary/aromatic N) is 4. The zero-order valence-electron chi connectivity index (χ0n) is 13.0. The van der Waals surface area contributed by atoms with Crippen LogP contribution in [-0.2, 0) is 0 Å². The maximum Gasteiger partial charge on any atom is 0.352 e. The fourth-order valence-corrected chi connectivity index (χ4v) is 3.32. The first-order valence-corrected chi connectivity index (χ1v) is 8.02. The highest BCUT2D eigenvalue weighted by Gasteiger charge is 2.25. The molecular weight excluding hydrogens is 306 g/mol. The topological polar surface area (TPSA) is 92.9 Å².